The van der Waals surface area contributed by atoms with E-state index in [9.17, 15) is 13.2 Å². The molecule has 0 aliphatic carbocycles. The van der Waals surface area contributed by atoms with Gasteiger partial charge in [-0.25, -0.2) is 8.42 Å². The van der Waals surface area contributed by atoms with Gasteiger partial charge in [0.2, 0.25) is 5.91 Å². The molecule has 7 heteroatoms. The number of benzene rings is 1. The molecule has 0 N–H and O–H groups in total. The van der Waals surface area contributed by atoms with Crippen LogP contribution in [0.4, 0.5) is 0 Å². The molecule has 172 valence electrons. The van der Waals surface area contributed by atoms with E-state index in [0.717, 1.165) is 65.0 Å². The van der Waals surface area contributed by atoms with E-state index in [1.807, 2.05) is 4.90 Å². The van der Waals surface area contributed by atoms with Crippen molar-refractivity contribution < 1.29 is 17.9 Å². The summed E-state index contributed by atoms with van der Waals surface area (Å²) in [5.74, 6) is 0.471. The van der Waals surface area contributed by atoms with Crippen LogP contribution in [-0.2, 0) is 19.4 Å². The maximum Gasteiger partial charge on any atom is 0.223 e. The van der Waals surface area contributed by atoms with Gasteiger partial charge in [0, 0.05) is 45.8 Å². The van der Waals surface area contributed by atoms with Crippen molar-refractivity contribution in [2.24, 2.45) is 5.92 Å². The first kappa shape index (κ1) is 22.7. The molecular weight excluding hydrogens is 412 g/mol. The van der Waals surface area contributed by atoms with E-state index in [2.05, 4.69) is 4.90 Å². The van der Waals surface area contributed by atoms with Crippen LogP contribution in [0.1, 0.15) is 51.4 Å². The largest absolute Gasteiger partial charge is 0.375 e. The lowest BCUT2D eigenvalue weighted by atomic mass is 9.84. The molecule has 31 heavy (non-hydrogen) atoms. The van der Waals surface area contributed by atoms with Gasteiger partial charge in [-0.1, -0.05) is 18.2 Å². The first-order valence-electron chi connectivity index (χ1n) is 11.9. The Morgan fingerprint density at radius 2 is 1.71 bits per heavy atom. The van der Waals surface area contributed by atoms with Crippen molar-refractivity contribution >= 4 is 15.7 Å². The van der Waals surface area contributed by atoms with E-state index in [1.54, 1.807) is 30.3 Å². The summed E-state index contributed by atoms with van der Waals surface area (Å²) in [6.07, 6.45) is 8.13. The van der Waals surface area contributed by atoms with Crippen molar-refractivity contribution in [2.45, 2.75) is 61.9 Å². The summed E-state index contributed by atoms with van der Waals surface area (Å²) in [4.78, 5) is 17.3. The summed E-state index contributed by atoms with van der Waals surface area (Å²) >= 11 is 0. The molecule has 0 bridgehead atoms. The third-order valence-electron chi connectivity index (χ3n) is 7.37. The van der Waals surface area contributed by atoms with Gasteiger partial charge in [0.25, 0.3) is 0 Å². The molecule has 0 atom stereocenters. The first-order valence-corrected chi connectivity index (χ1v) is 13.5. The summed E-state index contributed by atoms with van der Waals surface area (Å²) in [5, 5.41) is 0. The molecule has 4 rings (SSSR count). The molecule has 3 aliphatic rings. The van der Waals surface area contributed by atoms with E-state index in [-0.39, 0.29) is 23.7 Å². The zero-order chi connectivity index (χ0) is 21.7. The molecule has 3 aliphatic heterocycles. The number of ether oxygens (including phenoxy) is 1. The van der Waals surface area contributed by atoms with Crippen LogP contribution in [0, 0.1) is 5.92 Å². The van der Waals surface area contributed by atoms with E-state index in [4.69, 9.17) is 4.74 Å². The minimum absolute atomic E-state index is 0.0349. The quantitative estimate of drug-likeness (QED) is 0.669. The Kier molecular flexibility index (Phi) is 7.34. The van der Waals surface area contributed by atoms with E-state index < -0.39 is 9.84 Å². The third kappa shape index (κ3) is 5.88. The van der Waals surface area contributed by atoms with Gasteiger partial charge < -0.3 is 14.5 Å². The predicted molar refractivity (Wildman–Crippen MR) is 121 cm³/mol. The normalized spacial score (nSPS) is 23.2. The number of hydrogen-bond acceptors (Lipinski definition) is 5. The lowest BCUT2D eigenvalue weighted by Gasteiger charge is -2.45. The highest BCUT2D eigenvalue weighted by Gasteiger charge is 2.37. The van der Waals surface area contributed by atoms with Gasteiger partial charge in [-0.15, -0.1) is 0 Å². The molecule has 3 saturated heterocycles. The van der Waals surface area contributed by atoms with E-state index in [1.165, 1.54) is 19.3 Å². The lowest BCUT2D eigenvalue weighted by Crippen LogP contribution is -2.49. The Labute approximate surface area is 186 Å². The van der Waals surface area contributed by atoms with Crippen LogP contribution in [0.2, 0.25) is 0 Å². The summed E-state index contributed by atoms with van der Waals surface area (Å²) in [6.45, 7) is 5.78. The van der Waals surface area contributed by atoms with E-state index in [0.29, 0.717) is 10.8 Å². The van der Waals surface area contributed by atoms with Gasteiger partial charge in [0.1, 0.15) is 0 Å². The Morgan fingerprint density at radius 1 is 1.00 bits per heavy atom. The summed E-state index contributed by atoms with van der Waals surface area (Å²) in [6, 6.07) is 8.40. The highest BCUT2D eigenvalue weighted by Crippen LogP contribution is 2.35. The number of sulfone groups is 1. The predicted octanol–water partition coefficient (Wildman–Crippen LogP) is 3.12. The Balaban J connectivity index is 1.17. The second kappa shape index (κ2) is 10.0. The minimum atomic E-state index is -3.40. The number of carbonyl (C=O) groups excluding carboxylic acids is 1. The molecule has 0 radical (unpaired) electrons. The molecule has 1 aromatic rings. The number of piperidine rings is 2. The molecule has 3 fully saturated rings. The number of nitrogens with zero attached hydrogens (tertiary/aromatic N) is 2. The smallest absolute Gasteiger partial charge is 0.223 e. The van der Waals surface area contributed by atoms with Crippen molar-refractivity contribution in [1.82, 2.24) is 9.80 Å². The monoisotopic (exact) mass is 448 g/mol. The van der Waals surface area contributed by atoms with Gasteiger partial charge in [-0.05, 0) is 63.0 Å². The van der Waals surface area contributed by atoms with Crippen LogP contribution < -0.4 is 0 Å². The number of hydrogen-bond donors (Lipinski definition) is 0. The number of likely N-dealkylation sites (tertiary alicyclic amines) is 2. The van der Waals surface area contributed by atoms with Crippen LogP contribution in [0.3, 0.4) is 0 Å². The fourth-order valence-electron chi connectivity index (χ4n) is 5.30. The molecule has 1 spiro atoms. The zero-order valence-corrected chi connectivity index (χ0v) is 19.3. The van der Waals surface area contributed by atoms with Gasteiger partial charge in [0.15, 0.2) is 9.84 Å². The maximum atomic E-state index is 12.6. The van der Waals surface area contributed by atoms with Crippen molar-refractivity contribution in [1.29, 1.82) is 0 Å². The summed E-state index contributed by atoms with van der Waals surface area (Å²) in [7, 11) is -3.40. The molecule has 1 amide bonds. The molecule has 6 nitrogen and oxygen atoms in total. The van der Waals surface area contributed by atoms with Gasteiger partial charge in [-0.2, -0.15) is 0 Å². The van der Waals surface area contributed by atoms with Gasteiger partial charge >= 0.3 is 0 Å². The summed E-state index contributed by atoms with van der Waals surface area (Å²) < 4.78 is 31.0. The third-order valence-corrected chi connectivity index (χ3v) is 9.10. The zero-order valence-electron chi connectivity index (χ0n) is 18.5. The van der Waals surface area contributed by atoms with E-state index >= 15 is 0 Å². The van der Waals surface area contributed by atoms with Crippen molar-refractivity contribution in [3.05, 3.63) is 30.3 Å². The number of rotatable bonds is 6. The van der Waals surface area contributed by atoms with Crippen LogP contribution in [0.25, 0.3) is 0 Å². The average molecular weight is 449 g/mol. The number of carbonyl (C=O) groups is 1. The fraction of sp³-hybridized carbons (Fsp3) is 0.708. The molecule has 3 heterocycles. The standard InChI is InChI=1S/C24H36N2O4S/c27-23(10-19-31(28,29)22-6-2-1-3-7-22)26-14-8-21(9-15-26)20-25-16-12-24(13-17-25)11-4-5-18-30-24/h1-3,6-7,21H,4-5,8-20H2. The van der Waals surface area contributed by atoms with Crippen molar-refractivity contribution in [3.63, 3.8) is 0 Å². The lowest BCUT2D eigenvalue weighted by molar-refractivity contribution is -0.132. The highest BCUT2D eigenvalue weighted by molar-refractivity contribution is 7.91. The highest BCUT2D eigenvalue weighted by atomic mass is 32.2. The van der Waals surface area contributed by atoms with Crippen LogP contribution >= 0.6 is 0 Å². The second-order valence-electron chi connectivity index (χ2n) is 9.50. The first-order chi connectivity index (χ1) is 15.0. The van der Waals surface area contributed by atoms with Gasteiger partial charge in [0.05, 0.1) is 16.2 Å². The number of amides is 1. The molecule has 0 saturated carbocycles. The second-order valence-corrected chi connectivity index (χ2v) is 11.6. The van der Waals surface area contributed by atoms with Crippen molar-refractivity contribution in [3.8, 4) is 0 Å². The molecule has 0 unspecified atom stereocenters. The van der Waals surface area contributed by atoms with Crippen LogP contribution in [-0.4, -0.2) is 74.8 Å². The maximum absolute atomic E-state index is 12.6. The molecule has 1 aromatic carbocycles. The summed E-state index contributed by atoms with van der Waals surface area (Å²) in [5.41, 5.74) is 0.157. The fourth-order valence-corrected chi connectivity index (χ4v) is 6.55. The van der Waals surface area contributed by atoms with Crippen molar-refractivity contribution in [2.75, 3.05) is 45.1 Å². The Hall–Kier alpha value is -1.44. The van der Waals surface area contributed by atoms with Crippen LogP contribution in [0.5, 0.6) is 0 Å². The minimum Gasteiger partial charge on any atom is -0.375 e. The molecule has 0 aromatic heterocycles. The Morgan fingerprint density at radius 3 is 2.35 bits per heavy atom. The SMILES string of the molecule is O=C(CCS(=O)(=O)c1ccccc1)N1CCC(CN2CCC3(CCCCO3)CC2)CC1. The molecular formula is C24H36N2O4S. The van der Waals surface area contributed by atoms with Crippen LogP contribution in [0.15, 0.2) is 35.2 Å². The van der Waals surface area contributed by atoms with Gasteiger partial charge in [-0.3, -0.25) is 4.79 Å². The average Bonchev–Trinajstić information content (AvgIpc) is 2.81. The Bertz CT molecular complexity index is 818. The topological polar surface area (TPSA) is 66.9 Å².